The van der Waals surface area contributed by atoms with Gasteiger partial charge in [0.15, 0.2) is 5.96 Å². The minimum Gasteiger partial charge on any atom is -0.379 e. The summed E-state index contributed by atoms with van der Waals surface area (Å²) >= 11 is 1.81. The molecule has 0 saturated heterocycles. The topological polar surface area (TPSA) is 79.8 Å². The fourth-order valence-electron chi connectivity index (χ4n) is 1.79. The van der Waals surface area contributed by atoms with Gasteiger partial charge in [-0.25, -0.2) is 8.42 Å². The molecular weight excluding hydrogens is 473 g/mol. The van der Waals surface area contributed by atoms with Gasteiger partial charge in [0.1, 0.15) is 9.84 Å². The van der Waals surface area contributed by atoms with E-state index >= 15 is 0 Å². The van der Waals surface area contributed by atoms with Crippen molar-refractivity contribution in [2.45, 2.75) is 17.1 Å². The van der Waals surface area contributed by atoms with Crippen molar-refractivity contribution in [3.63, 3.8) is 0 Å². The number of benzene rings is 1. The first-order valence-electron chi connectivity index (χ1n) is 7.82. The zero-order valence-electron chi connectivity index (χ0n) is 14.9. The van der Waals surface area contributed by atoms with Crippen molar-refractivity contribution >= 4 is 51.5 Å². The molecule has 25 heavy (non-hydrogen) atoms. The molecule has 0 spiro atoms. The molecule has 144 valence electrons. The van der Waals surface area contributed by atoms with E-state index in [9.17, 15) is 8.42 Å². The molecule has 0 aliphatic carbocycles. The Kier molecular flexibility index (Phi) is 13.4. The number of hydrogen-bond donors (Lipinski definition) is 2. The van der Waals surface area contributed by atoms with Gasteiger partial charge >= 0.3 is 0 Å². The third-order valence-corrected chi connectivity index (χ3v) is 5.02. The van der Waals surface area contributed by atoms with Gasteiger partial charge < -0.3 is 15.4 Å². The van der Waals surface area contributed by atoms with Crippen LogP contribution in [0, 0.1) is 0 Å². The van der Waals surface area contributed by atoms with E-state index in [1.165, 1.54) is 11.2 Å². The van der Waals surface area contributed by atoms with Crippen LogP contribution in [0.4, 0.5) is 0 Å². The van der Waals surface area contributed by atoms with Crippen molar-refractivity contribution in [3.8, 4) is 0 Å². The third kappa shape index (κ3) is 13.4. The maximum absolute atomic E-state index is 11.0. The van der Waals surface area contributed by atoms with Crippen LogP contribution in [0.5, 0.6) is 0 Å². The van der Waals surface area contributed by atoms with Gasteiger partial charge in [0.25, 0.3) is 0 Å². The molecule has 6 nitrogen and oxygen atoms in total. The van der Waals surface area contributed by atoms with E-state index in [1.807, 2.05) is 18.2 Å². The van der Waals surface area contributed by atoms with E-state index < -0.39 is 9.84 Å². The molecule has 0 radical (unpaired) electrons. The van der Waals surface area contributed by atoms with Crippen LogP contribution in [0.25, 0.3) is 0 Å². The van der Waals surface area contributed by atoms with Gasteiger partial charge in [-0.3, -0.25) is 4.99 Å². The second kappa shape index (κ2) is 13.7. The van der Waals surface area contributed by atoms with Crippen molar-refractivity contribution in [3.05, 3.63) is 30.3 Å². The minimum atomic E-state index is -2.96. The van der Waals surface area contributed by atoms with Crippen LogP contribution in [-0.4, -0.2) is 65.0 Å². The SMILES string of the molecule is CN=C(NCCOCCS(C)(=O)=O)NCC(C)Sc1ccccc1.I. The molecule has 1 aromatic rings. The summed E-state index contributed by atoms with van der Waals surface area (Å²) in [7, 11) is -1.24. The molecule has 1 atom stereocenters. The highest BCUT2D eigenvalue weighted by molar-refractivity contribution is 14.0. The van der Waals surface area contributed by atoms with E-state index in [1.54, 1.807) is 18.8 Å². The van der Waals surface area contributed by atoms with Crippen LogP contribution in [0.3, 0.4) is 0 Å². The van der Waals surface area contributed by atoms with E-state index in [-0.39, 0.29) is 36.3 Å². The van der Waals surface area contributed by atoms with Crippen molar-refractivity contribution in [2.24, 2.45) is 4.99 Å². The Morgan fingerprint density at radius 2 is 1.92 bits per heavy atom. The van der Waals surface area contributed by atoms with Gasteiger partial charge in [0.2, 0.25) is 0 Å². The first-order valence-corrected chi connectivity index (χ1v) is 10.8. The Hall–Kier alpha value is -0.520. The van der Waals surface area contributed by atoms with Crippen molar-refractivity contribution in [2.75, 3.05) is 45.4 Å². The molecule has 0 fully saturated rings. The fraction of sp³-hybridized carbons (Fsp3) is 0.562. The molecule has 0 aromatic heterocycles. The summed E-state index contributed by atoms with van der Waals surface area (Å²) in [6.07, 6.45) is 1.20. The highest BCUT2D eigenvalue weighted by Crippen LogP contribution is 2.21. The predicted molar refractivity (Wildman–Crippen MR) is 117 cm³/mol. The van der Waals surface area contributed by atoms with Crippen LogP contribution in [-0.2, 0) is 14.6 Å². The molecule has 1 unspecified atom stereocenters. The van der Waals surface area contributed by atoms with E-state index in [2.05, 4.69) is 34.7 Å². The summed E-state index contributed by atoms with van der Waals surface area (Å²) in [5.41, 5.74) is 0. The summed E-state index contributed by atoms with van der Waals surface area (Å²) in [4.78, 5) is 5.40. The van der Waals surface area contributed by atoms with E-state index in [4.69, 9.17) is 4.74 Å². The molecule has 0 amide bonds. The number of nitrogens with one attached hydrogen (secondary N) is 2. The lowest BCUT2D eigenvalue weighted by molar-refractivity contribution is 0.154. The normalized spacial score (nSPS) is 13.0. The Morgan fingerprint density at radius 3 is 2.52 bits per heavy atom. The molecule has 0 bridgehead atoms. The highest BCUT2D eigenvalue weighted by atomic mass is 127. The van der Waals surface area contributed by atoms with Crippen molar-refractivity contribution in [1.29, 1.82) is 0 Å². The molecule has 2 N–H and O–H groups in total. The number of ether oxygens (including phenoxy) is 1. The predicted octanol–water partition coefficient (Wildman–Crippen LogP) is 2.01. The summed E-state index contributed by atoms with van der Waals surface area (Å²) in [6.45, 7) is 4.17. The zero-order chi connectivity index (χ0) is 17.8. The standard InChI is InChI=1S/C16H27N3O3S2.HI/c1-14(23-15-7-5-4-6-8-15)13-19-16(17-2)18-9-10-22-11-12-24(3,20)21;/h4-8,14H,9-13H2,1-3H3,(H2,17,18,19);1H. The second-order valence-corrected chi connectivity index (χ2v) is 9.14. The lowest BCUT2D eigenvalue weighted by Gasteiger charge is -2.16. The maximum Gasteiger partial charge on any atom is 0.191 e. The van der Waals surface area contributed by atoms with Gasteiger partial charge in [-0.2, -0.15) is 0 Å². The van der Waals surface area contributed by atoms with Crippen LogP contribution in [0.15, 0.2) is 40.2 Å². The largest absolute Gasteiger partial charge is 0.379 e. The summed E-state index contributed by atoms with van der Waals surface area (Å²) in [5, 5.41) is 6.81. The van der Waals surface area contributed by atoms with Crippen molar-refractivity contribution < 1.29 is 13.2 Å². The third-order valence-electron chi connectivity index (χ3n) is 3.00. The highest BCUT2D eigenvalue weighted by Gasteiger charge is 2.06. The Balaban J connectivity index is 0.00000576. The van der Waals surface area contributed by atoms with Gasteiger partial charge in [0.05, 0.1) is 19.0 Å². The van der Waals surface area contributed by atoms with Crippen LogP contribution < -0.4 is 10.6 Å². The van der Waals surface area contributed by atoms with Gasteiger partial charge in [-0.1, -0.05) is 25.1 Å². The van der Waals surface area contributed by atoms with E-state index in [0.717, 1.165) is 6.54 Å². The molecule has 0 aliphatic heterocycles. The number of thioether (sulfide) groups is 1. The molecule has 0 saturated carbocycles. The van der Waals surface area contributed by atoms with Crippen LogP contribution in [0.2, 0.25) is 0 Å². The molecule has 1 aromatic carbocycles. The number of guanidine groups is 1. The first kappa shape index (κ1) is 24.5. The first-order chi connectivity index (χ1) is 11.4. The van der Waals surface area contributed by atoms with Crippen LogP contribution >= 0.6 is 35.7 Å². The van der Waals surface area contributed by atoms with Crippen molar-refractivity contribution in [1.82, 2.24) is 10.6 Å². The molecule has 0 aliphatic rings. The quantitative estimate of drug-likeness (QED) is 0.168. The second-order valence-electron chi connectivity index (χ2n) is 5.36. The number of sulfone groups is 1. The fourth-order valence-corrected chi connectivity index (χ4v) is 3.15. The van der Waals surface area contributed by atoms with Gasteiger partial charge in [0, 0.05) is 36.5 Å². The summed E-state index contributed by atoms with van der Waals surface area (Å²) in [6, 6.07) is 10.3. The Bertz CT molecular complexity index is 598. The average Bonchev–Trinajstić information content (AvgIpc) is 2.53. The lowest BCUT2D eigenvalue weighted by atomic mass is 10.4. The Morgan fingerprint density at radius 1 is 1.24 bits per heavy atom. The molecule has 9 heteroatoms. The average molecular weight is 501 g/mol. The number of rotatable bonds is 10. The molecule has 0 heterocycles. The van der Waals surface area contributed by atoms with Gasteiger partial charge in [-0.05, 0) is 12.1 Å². The molecular formula is C16H28IN3O3S2. The zero-order valence-corrected chi connectivity index (χ0v) is 18.9. The van der Waals surface area contributed by atoms with E-state index in [0.29, 0.717) is 24.4 Å². The maximum atomic E-state index is 11.0. The van der Waals surface area contributed by atoms with Crippen LogP contribution in [0.1, 0.15) is 6.92 Å². The Labute approximate surface area is 172 Å². The smallest absolute Gasteiger partial charge is 0.191 e. The molecule has 1 rings (SSSR count). The van der Waals surface area contributed by atoms with Gasteiger partial charge in [-0.15, -0.1) is 35.7 Å². The minimum absolute atomic E-state index is 0. The number of hydrogen-bond acceptors (Lipinski definition) is 5. The monoisotopic (exact) mass is 501 g/mol. The summed E-state index contributed by atoms with van der Waals surface area (Å²) < 4.78 is 27.2. The number of nitrogens with zero attached hydrogens (tertiary/aromatic N) is 1. The lowest BCUT2D eigenvalue weighted by Crippen LogP contribution is -2.41. The number of halogens is 1. The summed E-state index contributed by atoms with van der Waals surface area (Å²) in [5.74, 6) is 0.760. The number of aliphatic imine (C=N–C) groups is 1.